The van der Waals surface area contributed by atoms with Crippen LogP contribution in [-0.2, 0) is 0 Å². The van der Waals surface area contributed by atoms with Gasteiger partial charge in [-0.15, -0.1) is 0 Å². The summed E-state index contributed by atoms with van der Waals surface area (Å²) in [6.07, 6.45) is 4.86. The third-order valence-electron chi connectivity index (χ3n) is 5.07. The standard InChI is InChI=1S/C17H25NO/c1-13-5-2-3-8-16(13)17(19)9-10-18-11-14-6-4-7-15(14)12-18/h2-3,5,8,14-15,17,19H,4,6-7,9-12H2,1H3. The molecular weight excluding hydrogens is 234 g/mol. The Labute approximate surface area is 116 Å². The van der Waals surface area contributed by atoms with Crippen molar-refractivity contribution in [3.05, 3.63) is 35.4 Å². The maximum absolute atomic E-state index is 10.3. The number of hydrogen-bond donors (Lipinski definition) is 1. The Morgan fingerprint density at radius 1 is 1.21 bits per heavy atom. The molecule has 1 N–H and O–H groups in total. The van der Waals surface area contributed by atoms with E-state index in [4.69, 9.17) is 0 Å². The van der Waals surface area contributed by atoms with Crippen LogP contribution in [0.5, 0.6) is 0 Å². The van der Waals surface area contributed by atoms with Crippen LogP contribution in [0.1, 0.15) is 42.9 Å². The Hall–Kier alpha value is -0.860. The van der Waals surface area contributed by atoms with E-state index in [2.05, 4.69) is 24.0 Å². The summed E-state index contributed by atoms with van der Waals surface area (Å²) >= 11 is 0. The lowest BCUT2D eigenvalue weighted by atomic mass is 10.0. The molecule has 3 atom stereocenters. The predicted octanol–water partition coefficient (Wildman–Crippen LogP) is 3.15. The first-order valence-electron chi connectivity index (χ1n) is 7.70. The lowest BCUT2D eigenvalue weighted by molar-refractivity contribution is 0.146. The molecule has 0 bridgehead atoms. The minimum atomic E-state index is -0.304. The van der Waals surface area contributed by atoms with Gasteiger partial charge < -0.3 is 10.0 Å². The lowest BCUT2D eigenvalue weighted by Crippen LogP contribution is -2.24. The summed E-state index contributed by atoms with van der Waals surface area (Å²) in [6, 6.07) is 8.19. The van der Waals surface area contributed by atoms with Crippen LogP contribution in [0.2, 0.25) is 0 Å². The van der Waals surface area contributed by atoms with E-state index in [0.717, 1.165) is 30.4 Å². The average molecular weight is 259 g/mol. The van der Waals surface area contributed by atoms with Crippen molar-refractivity contribution in [1.82, 2.24) is 4.90 Å². The summed E-state index contributed by atoms with van der Waals surface area (Å²) in [6.45, 7) is 5.66. The van der Waals surface area contributed by atoms with Gasteiger partial charge in [0.25, 0.3) is 0 Å². The predicted molar refractivity (Wildman–Crippen MR) is 78.0 cm³/mol. The Balaban J connectivity index is 1.51. The second-order valence-electron chi connectivity index (χ2n) is 6.37. The van der Waals surface area contributed by atoms with Crippen LogP contribution in [0.3, 0.4) is 0 Å². The summed E-state index contributed by atoms with van der Waals surface area (Å²) in [4.78, 5) is 2.57. The molecule has 2 aliphatic rings. The highest BCUT2D eigenvalue weighted by atomic mass is 16.3. The van der Waals surface area contributed by atoms with E-state index in [1.807, 2.05) is 12.1 Å². The van der Waals surface area contributed by atoms with Gasteiger partial charge in [-0.3, -0.25) is 0 Å². The maximum Gasteiger partial charge on any atom is 0.0804 e. The second-order valence-corrected chi connectivity index (χ2v) is 6.37. The van der Waals surface area contributed by atoms with E-state index in [0.29, 0.717) is 0 Å². The third-order valence-corrected chi connectivity index (χ3v) is 5.07. The van der Waals surface area contributed by atoms with Crippen molar-refractivity contribution < 1.29 is 5.11 Å². The van der Waals surface area contributed by atoms with Gasteiger partial charge in [-0.2, -0.15) is 0 Å². The van der Waals surface area contributed by atoms with E-state index in [-0.39, 0.29) is 6.10 Å². The second kappa shape index (κ2) is 5.64. The quantitative estimate of drug-likeness (QED) is 0.898. The van der Waals surface area contributed by atoms with Gasteiger partial charge in [0.2, 0.25) is 0 Å². The Morgan fingerprint density at radius 3 is 2.58 bits per heavy atom. The first-order chi connectivity index (χ1) is 9.24. The van der Waals surface area contributed by atoms with Crippen LogP contribution in [0.15, 0.2) is 24.3 Å². The molecule has 1 aromatic carbocycles. The highest BCUT2D eigenvalue weighted by molar-refractivity contribution is 5.27. The molecule has 1 heterocycles. The fourth-order valence-electron chi connectivity index (χ4n) is 3.94. The fraction of sp³-hybridized carbons (Fsp3) is 0.647. The molecule has 0 aromatic heterocycles. The number of hydrogen-bond acceptors (Lipinski definition) is 2. The number of likely N-dealkylation sites (tertiary alicyclic amines) is 1. The molecule has 0 amide bonds. The first kappa shape index (κ1) is 13.1. The highest BCUT2D eigenvalue weighted by Crippen LogP contribution is 2.37. The molecule has 1 aromatic rings. The van der Waals surface area contributed by atoms with Gasteiger partial charge in [0, 0.05) is 19.6 Å². The zero-order valence-corrected chi connectivity index (χ0v) is 11.9. The monoisotopic (exact) mass is 259 g/mol. The van der Waals surface area contributed by atoms with Gasteiger partial charge in [-0.05, 0) is 49.1 Å². The summed E-state index contributed by atoms with van der Waals surface area (Å²) < 4.78 is 0. The van der Waals surface area contributed by atoms with Crippen LogP contribution in [0, 0.1) is 18.8 Å². The molecular formula is C17H25NO. The van der Waals surface area contributed by atoms with Crippen molar-refractivity contribution in [2.24, 2.45) is 11.8 Å². The number of aryl methyl sites for hydroxylation is 1. The van der Waals surface area contributed by atoms with Crippen LogP contribution in [-0.4, -0.2) is 29.6 Å². The van der Waals surface area contributed by atoms with Crippen molar-refractivity contribution in [2.45, 2.75) is 38.7 Å². The maximum atomic E-state index is 10.3. The van der Waals surface area contributed by atoms with Crippen LogP contribution < -0.4 is 0 Å². The summed E-state index contributed by atoms with van der Waals surface area (Å²) in [5, 5.41) is 10.3. The van der Waals surface area contributed by atoms with Crippen LogP contribution in [0.4, 0.5) is 0 Å². The molecule has 1 saturated heterocycles. The minimum absolute atomic E-state index is 0.304. The third kappa shape index (κ3) is 2.85. The molecule has 1 aliphatic carbocycles. The number of nitrogens with zero attached hydrogens (tertiary/aromatic N) is 1. The van der Waals surface area contributed by atoms with Crippen LogP contribution in [0.25, 0.3) is 0 Å². The van der Waals surface area contributed by atoms with Gasteiger partial charge in [0.05, 0.1) is 6.10 Å². The molecule has 1 aliphatic heterocycles. The molecule has 3 rings (SSSR count). The zero-order valence-electron chi connectivity index (χ0n) is 11.9. The number of aliphatic hydroxyl groups excluding tert-OH is 1. The topological polar surface area (TPSA) is 23.5 Å². The first-order valence-corrected chi connectivity index (χ1v) is 7.70. The van der Waals surface area contributed by atoms with Gasteiger partial charge in [-0.1, -0.05) is 30.7 Å². The van der Waals surface area contributed by atoms with E-state index in [1.165, 1.54) is 37.9 Å². The Morgan fingerprint density at radius 2 is 1.89 bits per heavy atom. The van der Waals surface area contributed by atoms with Crippen molar-refractivity contribution in [3.8, 4) is 0 Å². The Kier molecular flexibility index (Phi) is 3.90. The lowest BCUT2D eigenvalue weighted by Gasteiger charge is -2.20. The summed E-state index contributed by atoms with van der Waals surface area (Å²) in [7, 11) is 0. The van der Waals surface area contributed by atoms with Gasteiger partial charge in [0.1, 0.15) is 0 Å². The minimum Gasteiger partial charge on any atom is -0.388 e. The van der Waals surface area contributed by atoms with E-state index in [1.54, 1.807) is 0 Å². The largest absolute Gasteiger partial charge is 0.388 e. The number of aliphatic hydroxyl groups is 1. The number of rotatable bonds is 4. The zero-order chi connectivity index (χ0) is 13.2. The smallest absolute Gasteiger partial charge is 0.0804 e. The van der Waals surface area contributed by atoms with Crippen LogP contribution >= 0.6 is 0 Å². The van der Waals surface area contributed by atoms with Crippen molar-refractivity contribution in [2.75, 3.05) is 19.6 Å². The molecule has 2 heteroatoms. The van der Waals surface area contributed by atoms with Gasteiger partial charge in [0.15, 0.2) is 0 Å². The normalized spacial score (nSPS) is 28.5. The van der Waals surface area contributed by atoms with E-state index in [9.17, 15) is 5.11 Å². The molecule has 2 nitrogen and oxygen atoms in total. The molecule has 19 heavy (non-hydrogen) atoms. The SMILES string of the molecule is Cc1ccccc1C(O)CCN1CC2CCCC2C1. The highest BCUT2D eigenvalue weighted by Gasteiger charge is 2.35. The van der Waals surface area contributed by atoms with E-state index < -0.39 is 0 Å². The summed E-state index contributed by atoms with van der Waals surface area (Å²) in [5.41, 5.74) is 2.30. The fourth-order valence-corrected chi connectivity index (χ4v) is 3.94. The number of fused-ring (bicyclic) bond motifs is 1. The number of benzene rings is 1. The average Bonchev–Trinajstić information content (AvgIpc) is 2.97. The molecule has 0 radical (unpaired) electrons. The Bertz CT molecular complexity index is 419. The van der Waals surface area contributed by atoms with Crippen molar-refractivity contribution in [1.29, 1.82) is 0 Å². The molecule has 104 valence electrons. The van der Waals surface area contributed by atoms with Gasteiger partial charge >= 0.3 is 0 Å². The van der Waals surface area contributed by atoms with Crippen molar-refractivity contribution >= 4 is 0 Å². The molecule has 2 fully saturated rings. The van der Waals surface area contributed by atoms with Crippen molar-refractivity contribution in [3.63, 3.8) is 0 Å². The molecule has 3 unspecified atom stereocenters. The summed E-state index contributed by atoms with van der Waals surface area (Å²) in [5.74, 6) is 1.91. The van der Waals surface area contributed by atoms with E-state index >= 15 is 0 Å². The molecule has 0 spiro atoms. The van der Waals surface area contributed by atoms with Gasteiger partial charge in [-0.25, -0.2) is 0 Å². The molecule has 1 saturated carbocycles.